The Kier molecular flexibility index (Phi) is 5.14. The van der Waals surface area contributed by atoms with E-state index in [1.807, 2.05) is 0 Å². The van der Waals surface area contributed by atoms with E-state index in [1.165, 1.54) is 35.5 Å². The number of halogens is 4. The topological polar surface area (TPSA) is 69.0 Å². The van der Waals surface area contributed by atoms with Gasteiger partial charge in [-0.3, -0.25) is 9.48 Å². The van der Waals surface area contributed by atoms with Gasteiger partial charge < -0.3 is 10.1 Å². The SMILES string of the molecule is O=C(NCCn1cncn1)c1ccccc1OC(F)(F)C(F)F. The van der Waals surface area contributed by atoms with Crippen LogP contribution in [-0.2, 0) is 6.54 Å². The molecule has 124 valence electrons. The van der Waals surface area contributed by atoms with Crippen LogP contribution in [0.1, 0.15) is 10.4 Å². The highest BCUT2D eigenvalue weighted by molar-refractivity contribution is 5.96. The van der Waals surface area contributed by atoms with Gasteiger partial charge >= 0.3 is 12.5 Å². The monoisotopic (exact) mass is 332 g/mol. The maximum absolute atomic E-state index is 13.0. The largest absolute Gasteiger partial charge is 0.461 e. The normalized spacial score (nSPS) is 11.5. The number of hydrogen-bond acceptors (Lipinski definition) is 4. The van der Waals surface area contributed by atoms with Crippen molar-refractivity contribution >= 4 is 5.91 Å². The van der Waals surface area contributed by atoms with E-state index in [0.29, 0.717) is 6.54 Å². The Balaban J connectivity index is 2.02. The highest BCUT2D eigenvalue weighted by Gasteiger charge is 2.44. The number of amides is 1. The Morgan fingerprint density at radius 3 is 2.74 bits per heavy atom. The molecule has 1 amide bonds. The van der Waals surface area contributed by atoms with Crippen molar-refractivity contribution in [1.82, 2.24) is 20.1 Å². The first-order valence-electron chi connectivity index (χ1n) is 6.45. The van der Waals surface area contributed by atoms with Crippen LogP contribution in [0.5, 0.6) is 5.75 Å². The van der Waals surface area contributed by atoms with Gasteiger partial charge in [-0.1, -0.05) is 12.1 Å². The van der Waals surface area contributed by atoms with Crippen LogP contribution in [0.15, 0.2) is 36.9 Å². The quantitative estimate of drug-likeness (QED) is 0.787. The molecule has 1 heterocycles. The molecule has 1 aromatic heterocycles. The van der Waals surface area contributed by atoms with Crippen LogP contribution in [0.3, 0.4) is 0 Å². The lowest BCUT2D eigenvalue weighted by molar-refractivity contribution is -0.253. The summed E-state index contributed by atoms with van der Waals surface area (Å²) in [6.07, 6.45) is -5.94. The number of rotatable bonds is 7. The van der Waals surface area contributed by atoms with Gasteiger partial charge in [-0.25, -0.2) is 4.98 Å². The summed E-state index contributed by atoms with van der Waals surface area (Å²) >= 11 is 0. The minimum absolute atomic E-state index is 0.141. The third-order valence-electron chi connectivity index (χ3n) is 2.72. The molecule has 0 aliphatic heterocycles. The summed E-state index contributed by atoms with van der Waals surface area (Å²) in [4.78, 5) is 15.7. The van der Waals surface area contributed by atoms with Crippen LogP contribution in [0.25, 0.3) is 0 Å². The fraction of sp³-hybridized carbons (Fsp3) is 0.308. The first-order valence-corrected chi connectivity index (χ1v) is 6.45. The molecule has 2 aromatic rings. The number of carbonyl (C=O) groups excluding carboxylic acids is 1. The van der Waals surface area contributed by atoms with Crippen LogP contribution in [0, 0.1) is 0 Å². The minimum atomic E-state index is -4.68. The zero-order valence-corrected chi connectivity index (χ0v) is 11.6. The molecule has 0 fully saturated rings. The van der Waals surface area contributed by atoms with Crippen molar-refractivity contribution in [1.29, 1.82) is 0 Å². The molecule has 0 bridgehead atoms. The third-order valence-corrected chi connectivity index (χ3v) is 2.72. The van der Waals surface area contributed by atoms with Gasteiger partial charge in [0, 0.05) is 6.54 Å². The second-order valence-corrected chi connectivity index (χ2v) is 4.38. The predicted octanol–water partition coefficient (Wildman–Crippen LogP) is 1.94. The van der Waals surface area contributed by atoms with Crippen LogP contribution in [0.4, 0.5) is 17.6 Å². The van der Waals surface area contributed by atoms with Crippen LogP contribution in [-0.4, -0.2) is 39.8 Å². The average Bonchev–Trinajstić information content (AvgIpc) is 3.00. The second kappa shape index (κ2) is 7.07. The molecule has 10 heteroatoms. The Labute approximate surface area is 128 Å². The summed E-state index contributed by atoms with van der Waals surface area (Å²) in [7, 11) is 0. The number of para-hydroxylation sites is 1. The number of nitrogens with zero attached hydrogens (tertiary/aromatic N) is 3. The fourth-order valence-electron chi connectivity index (χ4n) is 1.66. The van der Waals surface area contributed by atoms with Crippen molar-refractivity contribution < 1.29 is 27.1 Å². The minimum Gasteiger partial charge on any atom is -0.427 e. The van der Waals surface area contributed by atoms with Crippen LogP contribution >= 0.6 is 0 Å². The summed E-state index contributed by atoms with van der Waals surface area (Å²) in [6, 6.07) is 4.91. The molecule has 1 aromatic carbocycles. The van der Waals surface area contributed by atoms with E-state index in [0.717, 1.165) is 6.07 Å². The Bertz CT molecular complexity index is 649. The lowest BCUT2D eigenvalue weighted by atomic mass is 10.2. The molecule has 0 aliphatic carbocycles. The standard InChI is InChI=1S/C13H12F4N4O2/c14-12(15)13(16,17)23-10-4-2-1-3-9(10)11(22)19-5-6-21-8-18-7-20-21/h1-4,7-8,12H,5-6H2,(H,19,22). The number of carbonyl (C=O) groups is 1. The van der Waals surface area contributed by atoms with Crippen molar-refractivity contribution in [2.45, 2.75) is 19.1 Å². The van der Waals surface area contributed by atoms with Crippen LogP contribution in [0.2, 0.25) is 0 Å². The predicted molar refractivity (Wildman–Crippen MR) is 70.4 cm³/mol. The molecule has 0 saturated carbocycles. The molecule has 2 rings (SSSR count). The first kappa shape index (κ1) is 16.7. The Morgan fingerprint density at radius 1 is 1.35 bits per heavy atom. The zero-order chi connectivity index (χ0) is 16.9. The highest BCUT2D eigenvalue weighted by atomic mass is 19.3. The summed E-state index contributed by atoms with van der Waals surface area (Å²) in [5, 5.41) is 6.27. The van der Waals surface area contributed by atoms with E-state index in [-0.39, 0.29) is 12.1 Å². The molecule has 0 saturated heterocycles. The van der Waals surface area contributed by atoms with Crippen LogP contribution < -0.4 is 10.1 Å². The molecule has 0 radical (unpaired) electrons. The second-order valence-electron chi connectivity index (χ2n) is 4.38. The molecular weight excluding hydrogens is 320 g/mol. The summed E-state index contributed by atoms with van der Waals surface area (Å²) in [6.45, 7) is 0.448. The van der Waals surface area contributed by atoms with E-state index >= 15 is 0 Å². The highest BCUT2D eigenvalue weighted by Crippen LogP contribution is 2.29. The average molecular weight is 332 g/mol. The van der Waals surface area contributed by atoms with Crippen molar-refractivity contribution in [2.75, 3.05) is 6.54 Å². The van der Waals surface area contributed by atoms with E-state index in [9.17, 15) is 22.4 Å². The molecule has 0 spiro atoms. The van der Waals surface area contributed by atoms with Crippen molar-refractivity contribution in [2.24, 2.45) is 0 Å². The molecular formula is C13H12F4N4O2. The van der Waals surface area contributed by atoms with Crippen molar-refractivity contribution in [3.8, 4) is 5.75 Å². The van der Waals surface area contributed by atoms with E-state index < -0.39 is 24.2 Å². The summed E-state index contributed by atoms with van der Waals surface area (Å²) in [5.41, 5.74) is -0.272. The maximum atomic E-state index is 13.0. The molecule has 1 N–H and O–H groups in total. The van der Waals surface area contributed by atoms with Gasteiger partial charge in [0.25, 0.3) is 5.91 Å². The zero-order valence-electron chi connectivity index (χ0n) is 11.6. The number of hydrogen-bond donors (Lipinski definition) is 1. The first-order chi connectivity index (χ1) is 10.9. The smallest absolute Gasteiger partial charge is 0.427 e. The molecule has 0 atom stereocenters. The lowest BCUT2D eigenvalue weighted by Crippen LogP contribution is -2.35. The van der Waals surface area contributed by atoms with Gasteiger partial charge in [-0.05, 0) is 12.1 Å². The van der Waals surface area contributed by atoms with Gasteiger partial charge in [0.05, 0.1) is 12.1 Å². The van der Waals surface area contributed by atoms with E-state index in [2.05, 4.69) is 20.1 Å². The van der Waals surface area contributed by atoms with E-state index in [1.54, 1.807) is 0 Å². The van der Waals surface area contributed by atoms with Gasteiger partial charge in [-0.2, -0.15) is 22.7 Å². The van der Waals surface area contributed by atoms with Gasteiger partial charge in [-0.15, -0.1) is 0 Å². The third kappa shape index (κ3) is 4.41. The van der Waals surface area contributed by atoms with Gasteiger partial charge in [0.2, 0.25) is 0 Å². The number of ether oxygens (including phenoxy) is 1. The van der Waals surface area contributed by atoms with Crippen molar-refractivity contribution in [3.63, 3.8) is 0 Å². The molecule has 0 aliphatic rings. The number of nitrogens with one attached hydrogen (secondary N) is 1. The molecule has 0 unspecified atom stereocenters. The molecule has 6 nitrogen and oxygen atoms in total. The fourth-order valence-corrected chi connectivity index (χ4v) is 1.66. The number of benzene rings is 1. The Morgan fingerprint density at radius 2 is 2.09 bits per heavy atom. The van der Waals surface area contributed by atoms with E-state index in [4.69, 9.17) is 0 Å². The van der Waals surface area contributed by atoms with Gasteiger partial charge in [0.1, 0.15) is 18.4 Å². The number of aromatic nitrogens is 3. The molecule has 23 heavy (non-hydrogen) atoms. The van der Waals surface area contributed by atoms with Crippen molar-refractivity contribution in [3.05, 3.63) is 42.5 Å². The maximum Gasteiger partial charge on any atom is 0.461 e. The summed E-state index contributed by atoms with van der Waals surface area (Å²) in [5.74, 6) is -1.36. The van der Waals surface area contributed by atoms with Gasteiger partial charge in [0.15, 0.2) is 0 Å². The lowest BCUT2D eigenvalue weighted by Gasteiger charge is -2.18. The Hall–Kier alpha value is -2.65. The summed E-state index contributed by atoms with van der Waals surface area (Å²) < 4.78 is 55.8. The number of alkyl halides is 4.